The van der Waals surface area contributed by atoms with Crippen LogP contribution in [0.5, 0.6) is 0 Å². The molecule has 1 N–H and O–H groups in total. The van der Waals surface area contributed by atoms with Crippen molar-refractivity contribution in [3.63, 3.8) is 0 Å². The van der Waals surface area contributed by atoms with Gasteiger partial charge in [-0.25, -0.2) is 0 Å². The summed E-state index contributed by atoms with van der Waals surface area (Å²) < 4.78 is 0. The van der Waals surface area contributed by atoms with Crippen molar-refractivity contribution in [1.82, 2.24) is 0 Å². The van der Waals surface area contributed by atoms with Gasteiger partial charge in [-0.3, -0.25) is 4.79 Å². The first-order valence-electron chi connectivity index (χ1n) is 3.78. The summed E-state index contributed by atoms with van der Waals surface area (Å²) in [6.07, 6.45) is 0.544. The van der Waals surface area contributed by atoms with Gasteiger partial charge in [0.2, 0.25) is 0 Å². The van der Waals surface area contributed by atoms with Crippen molar-refractivity contribution in [2.24, 2.45) is 5.92 Å². The summed E-state index contributed by atoms with van der Waals surface area (Å²) in [7, 11) is 0. The maximum Gasteiger partial charge on any atom is 0.137 e. The van der Waals surface area contributed by atoms with Gasteiger partial charge in [0.15, 0.2) is 0 Å². The number of carbonyl (C=O) groups is 1. The molecule has 0 saturated carbocycles. The number of Topliss-reactive ketones (excluding diaryl/α,β-unsaturated/α-hetero) is 1. The summed E-state index contributed by atoms with van der Waals surface area (Å²) in [5, 5.41) is 9.06. The van der Waals surface area contributed by atoms with E-state index in [1.165, 1.54) is 0 Å². The van der Waals surface area contributed by atoms with E-state index in [-0.39, 0.29) is 11.7 Å². The smallest absolute Gasteiger partial charge is 0.137 e. The van der Waals surface area contributed by atoms with Gasteiger partial charge in [-0.15, -0.1) is 0 Å². The Morgan fingerprint density at radius 3 is 2.30 bits per heavy atom. The van der Waals surface area contributed by atoms with Crippen molar-refractivity contribution in [2.45, 2.75) is 39.7 Å². The SMILES string of the molecule is CC[C@@H](O)CC(=O)C(C)C. The molecule has 0 fully saturated rings. The fourth-order valence-electron chi connectivity index (χ4n) is 0.612. The van der Waals surface area contributed by atoms with E-state index in [4.69, 9.17) is 5.11 Å². The predicted molar refractivity (Wildman–Crippen MR) is 40.8 cm³/mol. The van der Waals surface area contributed by atoms with Crippen molar-refractivity contribution in [2.75, 3.05) is 0 Å². The van der Waals surface area contributed by atoms with Gasteiger partial charge in [0, 0.05) is 12.3 Å². The van der Waals surface area contributed by atoms with Gasteiger partial charge in [-0.05, 0) is 6.42 Å². The van der Waals surface area contributed by atoms with E-state index < -0.39 is 6.10 Å². The molecule has 0 aliphatic carbocycles. The van der Waals surface area contributed by atoms with Crippen LogP contribution >= 0.6 is 0 Å². The molecule has 0 aliphatic rings. The molecule has 0 bridgehead atoms. The van der Waals surface area contributed by atoms with Gasteiger partial charge in [0.05, 0.1) is 6.10 Å². The maximum absolute atomic E-state index is 11.0. The number of hydrogen-bond donors (Lipinski definition) is 1. The Morgan fingerprint density at radius 1 is 1.50 bits per heavy atom. The first kappa shape index (κ1) is 9.63. The number of aliphatic hydroxyl groups is 1. The highest BCUT2D eigenvalue weighted by Gasteiger charge is 2.11. The van der Waals surface area contributed by atoms with Crippen LogP contribution in [0, 0.1) is 5.92 Å². The number of rotatable bonds is 4. The quantitative estimate of drug-likeness (QED) is 0.647. The molecular formula is C8H16O2. The first-order chi connectivity index (χ1) is 4.57. The summed E-state index contributed by atoms with van der Waals surface area (Å²) in [6, 6.07) is 0. The van der Waals surface area contributed by atoms with Crippen LogP contribution in [-0.4, -0.2) is 17.0 Å². The monoisotopic (exact) mass is 144 g/mol. The third kappa shape index (κ3) is 3.62. The second-order valence-electron chi connectivity index (χ2n) is 2.89. The second-order valence-corrected chi connectivity index (χ2v) is 2.89. The standard InChI is InChI=1S/C8H16O2/c1-4-7(9)5-8(10)6(2)3/h6-7,9H,4-5H2,1-3H3/t7-/m1/s1. The average Bonchev–Trinajstić information content (AvgIpc) is 1.87. The van der Waals surface area contributed by atoms with Crippen LogP contribution in [0.1, 0.15) is 33.6 Å². The van der Waals surface area contributed by atoms with Crippen molar-refractivity contribution in [3.8, 4) is 0 Å². The molecule has 0 radical (unpaired) electrons. The second kappa shape index (κ2) is 4.45. The molecule has 2 heteroatoms. The highest BCUT2D eigenvalue weighted by atomic mass is 16.3. The van der Waals surface area contributed by atoms with Gasteiger partial charge in [-0.2, -0.15) is 0 Å². The lowest BCUT2D eigenvalue weighted by Crippen LogP contribution is -2.16. The number of carbonyl (C=O) groups excluding carboxylic acids is 1. The lowest BCUT2D eigenvalue weighted by molar-refractivity contribution is -0.123. The molecule has 0 heterocycles. The summed E-state index contributed by atoms with van der Waals surface area (Å²) in [5.41, 5.74) is 0. The van der Waals surface area contributed by atoms with Gasteiger partial charge in [-0.1, -0.05) is 20.8 Å². The molecule has 0 aromatic heterocycles. The molecule has 0 aromatic carbocycles. The summed E-state index contributed by atoms with van der Waals surface area (Å²) in [4.78, 5) is 11.0. The lowest BCUT2D eigenvalue weighted by Gasteiger charge is -2.07. The van der Waals surface area contributed by atoms with Gasteiger partial charge in [0.25, 0.3) is 0 Å². The van der Waals surface area contributed by atoms with E-state index >= 15 is 0 Å². The zero-order chi connectivity index (χ0) is 8.15. The molecule has 0 aromatic rings. The molecule has 2 nitrogen and oxygen atoms in total. The summed E-state index contributed by atoms with van der Waals surface area (Å²) in [6.45, 7) is 5.58. The Labute approximate surface area is 62.2 Å². The van der Waals surface area contributed by atoms with Gasteiger partial charge >= 0.3 is 0 Å². The van der Waals surface area contributed by atoms with E-state index in [1.807, 2.05) is 20.8 Å². The molecule has 0 rings (SSSR count). The van der Waals surface area contributed by atoms with E-state index in [0.29, 0.717) is 12.8 Å². The van der Waals surface area contributed by atoms with Crippen LogP contribution in [0.25, 0.3) is 0 Å². The topological polar surface area (TPSA) is 37.3 Å². The Kier molecular flexibility index (Phi) is 4.28. The third-order valence-corrected chi connectivity index (χ3v) is 1.55. The number of hydrogen-bond acceptors (Lipinski definition) is 2. The van der Waals surface area contributed by atoms with Crippen LogP contribution in [0.3, 0.4) is 0 Å². The van der Waals surface area contributed by atoms with Gasteiger partial charge in [0.1, 0.15) is 5.78 Å². The van der Waals surface area contributed by atoms with Crippen LogP contribution < -0.4 is 0 Å². The molecule has 0 amide bonds. The summed E-state index contributed by atoms with van der Waals surface area (Å²) in [5.74, 6) is 0.204. The number of ketones is 1. The molecule has 10 heavy (non-hydrogen) atoms. The Morgan fingerprint density at radius 2 is 2.00 bits per heavy atom. The van der Waals surface area contributed by atoms with Crippen LogP contribution in [0.4, 0.5) is 0 Å². The Bertz CT molecular complexity index is 108. The van der Waals surface area contributed by atoms with Crippen molar-refractivity contribution >= 4 is 5.78 Å². The van der Waals surface area contributed by atoms with Crippen LogP contribution in [0.15, 0.2) is 0 Å². The zero-order valence-corrected chi connectivity index (χ0v) is 6.92. The van der Waals surface area contributed by atoms with Crippen molar-refractivity contribution in [1.29, 1.82) is 0 Å². The average molecular weight is 144 g/mol. The minimum atomic E-state index is -0.435. The normalized spacial score (nSPS) is 13.7. The molecule has 0 unspecified atom stereocenters. The number of aliphatic hydroxyl groups excluding tert-OH is 1. The first-order valence-corrected chi connectivity index (χ1v) is 3.78. The van der Waals surface area contributed by atoms with Crippen LogP contribution in [0.2, 0.25) is 0 Å². The molecule has 0 spiro atoms. The highest BCUT2D eigenvalue weighted by molar-refractivity contribution is 5.80. The maximum atomic E-state index is 11.0. The largest absolute Gasteiger partial charge is 0.393 e. The minimum absolute atomic E-state index is 0.0567. The fourth-order valence-corrected chi connectivity index (χ4v) is 0.612. The fraction of sp³-hybridized carbons (Fsp3) is 0.875. The van der Waals surface area contributed by atoms with E-state index in [1.54, 1.807) is 0 Å². The van der Waals surface area contributed by atoms with Crippen molar-refractivity contribution in [3.05, 3.63) is 0 Å². The molecule has 0 aliphatic heterocycles. The minimum Gasteiger partial charge on any atom is -0.393 e. The Balaban J connectivity index is 3.57. The molecule has 1 atom stereocenters. The zero-order valence-electron chi connectivity index (χ0n) is 6.92. The molecule has 0 saturated heterocycles. The van der Waals surface area contributed by atoms with Crippen molar-refractivity contribution < 1.29 is 9.90 Å². The van der Waals surface area contributed by atoms with E-state index in [2.05, 4.69) is 0 Å². The summed E-state index contributed by atoms with van der Waals surface area (Å²) >= 11 is 0. The van der Waals surface area contributed by atoms with E-state index in [0.717, 1.165) is 0 Å². The lowest BCUT2D eigenvalue weighted by atomic mass is 10.0. The van der Waals surface area contributed by atoms with Crippen LogP contribution in [-0.2, 0) is 4.79 Å². The highest BCUT2D eigenvalue weighted by Crippen LogP contribution is 2.04. The third-order valence-electron chi connectivity index (χ3n) is 1.55. The van der Waals surface area contributed by atoms with E-state index in [9.17, 15) is 4.79 Å². The molecular weight excluding hydrogens is 128 g/mol. The Hall–Kier alpha value is -0.370. The van der Waals surface area contributed by atoms with Gasteiger partial charge < -0.3 is 5.11 Å². The predicted octanol–water partition coefficient (Wildman–Crippen LogP) is 1.37. The molecule has 60 valence electrons.